The molecule has 5 nitrogen and oxygen atoms in total. The lowest BCUT2D eigenvalue weighted by Gasteiger charge is -2.24. The zero-order valence-electron chi connectivity index (χ0n) is 14.4. The van der Waals surface area contributed by atoms with Gasteiger partial charge in [-0.1, -0.05) is 12.5 Å². The summed E-state index contributed by atoms with van der Waals surface area (Å²) < 4.78 is 16.1. The van der Waals surface area contributed by atoms with Crippen molar-refractivity contribution in [3.05, 3.63) is 47.8 Å². The number of rotatable bonds is 3. The van der Waals surface area contributed by atoms with Gasteiger partial charge in [-0.3, -0.25) is 0 Å². The number of amides is 2. The number of urea groups is 1. The largest absolute Gasteiger partial charge is 0.334 e. The highest BCUT2D eigenvalue weighted by Crippen LogP contribution is 2.37. The zero-order chi connectivity index (χ0) is 17.4. The van der Waals surface area contributed by atoms with Crippen molar-refractivity contribution in [2.24, 2.45) is 5.92 Å². The summed E-state index contributed by atoms with van der Waals surface area (Å²) in [5.41, 5.74) is 1.23. The molecule has 6 heteroatoms. The van der Waals surface area contributed by atoms with Crippen molar-refractivity contribution in [2.75, 3.05) is 6.54 Å². The molecule has 0 bridgehead atoms. The van der Waals surface area contributed by atoms with Crippen molar-refractivity contribution >= 4 is 6.03 Å². The molecule has 1 aliphatic heterocycles. The Hall–Kier alpha value is -2.37. The van der Waals surface area contributed by atoms with Gasteiger partial charge in [0.25, 0.3) is 0 Å². The predicted molar refractivity (Wildman–Crippen MR) is 92.9 cm³/mol. The van der Waals surface area contributed by atoms with E-state index in [1.807, 2.05) is 17.9 Å². The summed E-state index contributed by atoms with van der Waals surface area (Å²) in [6, 6.07) is 5.44. The summed E-state index contributed by atoms with van der Waals surface area (Å²) >= 11 is 0. The number of likely N-dealkylation sites (tertiary alicyclic amines) is 1. The van der Waals surface area contributed by atoms with Gasteiger partial charge in [0.2, 0.25) is 0 Å². The quantitative estimate of drug-likeness (QED) is 0.929. The molecule has 2 amide bonds. The van der Waals surface area contributed by atoms with Crippen LogP contribution in [0.2, 0.25) is 0 Å². The molecule has 1 saturated heterocycles. The van der Waals surface area contributed by atoms with Crippen molar-refractivity contribution in [1.29, 1.82) is 0 Å². The number of carbonyl (C=O) groups is 1. The minimum Gasteiger partial charge on any atom is -0.334 e. The van der Waals surface area contributed by atoms with Crippen molar-refractivity contribution in [1.82, 2.24) is 19.8 Å². The Morgan fingerprint density at radius 2 is 2.24 bits per heavy atom. The van der Waals surface area contributed by atoms with E-state index >= 15 is 0 Å². The molecule has 2 heterocycles. The van der Waals surface area contributed by atoms with Crippen molar-refractivity contribution in [3.8, 4) is 5.69 Å². The summed E-state index contributed by atoms with van der Waals surface area (Å²) in [6.45, 7) is 3.01. The maximum Gasteiger partial charge on any atom is 0.317 e. The van der Waals surface area contributed by atoms with Gasteiger partial charge in [0.15, 0.2) is 0 Å². The van der Waals surface area contributed by atoms with Gasteiger partial charge < -0.3 is 14.8 Å². The van der Waals surface area contributed by atoms with Crippen LogP contribution in [-0.2, 0) is 6.54 Å². The first-order valence-electron chi connectivity index (χ1n) is 8.96. The lowest BCUT2D eigenvalue weighted by Crippen LogP contribution is -2.42. The van der Waals surface area contributed by atoms with Gasteiger partial charge in [0, 0.05) is 31.5 Å². The first-order valence-corrected chi connectivity index (χ1v) is 8.96. The Labute approximate surface area is 146 Å². The Morgan fingerprint density at radius 1 is 1.36 bits per heavy atom. The summed E-state index contributed by atoms with van der Waals surface area (Å²) in [6.07, 6.45) is 8.08. The van der Waals surface area contributed by atoms with Gasteiger partial charge in [-0.15, -0.1) is 0 Å². The van der Waals surface area contributed by atoms with Crippen LogP contribution in [-0.4, -0.2) is 33.1 Å². The second kappa shape index (κ2) is 6.50. The monoisotopic (exact) mass is 342 g/mol. The number of nitrogens with zero attached hydrogens (tertiary/aromatic N) is 3. The maximum atomic E-state index is 14.4. The smallest absolute Gasteiger partial charge is 0.317 e. The summed E-state index contributed by atoms with van der Waals surface area (Å²) in [5, 5.41) is 2.95. The third-order valence-corrected chi connectivity index (χ3v) is 5.56. The van der Waals surface area contributed by atoms with Gasteiger partial charge in [-0.2, -0.15) is 0 Å². The third-order valence-electron chi connectivity index (χ3n) is 5.56. The molecule has 0 spiro atoms. The highest BCUT2D eigenvalue weighted by molar-refractivity contribution is 5.75. The van der Waals surface area contributed by atoms with E-state index in [-0.39, 0.29) is 11.8 Å². The van der Waals surface area contributed by atoms with E-state index < -0.39 is 0 Å². The molecule has 25 heavy (non-hydrogen) atoms. The molecule has 1 N–H and O–H groups in total. The summed E-state index contributed by atoms with van der Waals surface area (Å²) in [4.78, 5) is 18.5. The first-order chi connectivity index (χ1) is 12.1. The minimum atomic E-state index is -0.315. The SMILES string of the molecule is Cc1nccn1-c1ccc(CNC(=O)N2CC[C@@H]3CCC[C@@H]32)cc1F. The van der Waals surface area contributed by atoms with Crippen LogP contribution in [0.4, 0.5) is 9.18 Å². The molecule has 1 aliphatic carbocycles. The van der Waals surface area contributed by atoms with Crippen LogP contribution in [0, 0.1) is 18.7 Å². The second-order valence-corrected chi connectivity index (χ2v) is 7.03. The van der Waals surface area contributed by atoms with Gasteiger partial charge in [0.05, 0.1) is 5.69 Å². The molecule has 0 unspecified atom stereocenters. The Morgan fingerprint density at radius 3 is 3.00 bits per heavy atom. The molecule has 2 atom stereocenters. The van der Waals surface area contributed by atoms with Crippen LogP contribution < -0.4 is 5.32 Å². The number of aromatic nitrogens is 2. The Bertz CT molecular complexity index is 787. The number of hydrogen-bond donors (Lipinski definition) is 1. The second-order valence-electron chi connectivity index (χ2n) is 7.03. The van der Waals surface area contributed by atoms with Crippen LogP contribution in [0.3, 0.4) is 0 Å². The van der Waals surface area contributed by atoms with E-state index in [9.17, 15) is 9.18 Å². The molecule has 1 aromatic heterocycles. The number of nitrogens with one attached hydrogen (secondary N) is 1. The van der Waals surface area contributed by atoms with Crippen LogP contribution in [0.1, 0.15) is 37.1 Å². The fourth-order valence-electron chi connectivity index (χ4n) is 4.25. The number of imidazole rings is 1. The average molecular weight is 342 g/mol. The maximum absolute atomic E-state index is 14.4. The number of halogens is 1. The fourth-order valence-corrected chi connectivity index (χ4v) is 4.25. The zero-order valence-corrected chi connectivity index (χ0v) is 14.4. The average Bonchev–Trinajstić information content (AvgIpc) is 3.29. The lowest BCUT2D eigenvalue weighted by molar-refractivity contribution is 0.189. The number of aryl methyl sites for hydroxylation is 1. The fraction of sp³-hybridized carbons (Fsp3) is 0.474. The molecule has 0 radical (unpaired) electrons. The Kier molecular flexibility index (Phi) is 4.19. The number of fused-ring (bicyclic) bond motifs is 1. The van der Waals surface area contributed by atoms with Crippen LogP contribution in [0.15, 0.2) is 30.6 Å². The topological polar surface area (TPSA) is 50.2 Å². The lowest BCUT2D eigenvalue weighted by atomic mass is 10.1. The molecular weight excluding hydrogens is 319 g/mol. The van der Waals surface area contributed by atoms with Gasteiger partial charge in [-0.05, 0) is 49.8 Å². The van der Waals surface area contributed by atoms with E-state index in [2.05, 4.69) is 10.3 Å². The normalized spacial score (nSPS) is 22.2. The highest BCUT2D eigenvalue weighted by atomic mass is 19.1. The van der Waals surface area contributed by atoms with E-state index in [0.717, 1.165) is 30.8 Å². The molecule has 4 rings (SSSR count). The minimum absolute atomic E-state index is 0.0238. The van der Waals surface area contributed by atoms with Gasteiger partial charge in [-0.25, -0.2) is 14.2 Å². The molecule has 1 saturated carbocycles. The molecule has 2 aliphatic rings. The number of carbonyl (C=O) groups excluding carboxylic acids is 1. The van der Waals surface area contributed by atoms with Crippen molar-refractivity contribution < 1.29 is 9.18 Å². The number of benzene rings is 1. The number of hydrogen-bond acceptors (Lipinski definition) is 2. The summed E-state index contributed by atoms with van der Waals surface area (Å²) in [7, 11) is 0. The molecular formula is C19H23FN4O. The van der Waals surface area contributed by atoms with Gasteiger partial charge in [0.1, 0.15) is 11.6 Å². The molecule has 2 aromatic rings. The van der Waals surface area contributed by atoms with Crippen LogP contribution >= 0.6 is 0 Å². The van der Waals surface area contributed by atoms with Gasteiger partial charge >= 0.3 is 6.03 Å². The third kappa shape index (κ3) is 3.01. The van der Waals surface area contributed by atoms with E-state index in [1.165, 1.54) is 18.9 Å². The Balaban J connectivity index is 1.41. The van der Waals surface area contributed by atoms with Crippen molar-refractivity contribution in [2.45, 2.75) is 45.2 Å². The predicted octanol–water partition coefficient (Wildman–Crippen LogP) is 3.40. The first kappa shape index (κ1) is 16.1. The van der Waals surface area contributed by atoms with Crippen LogP contribution in [0.25, 0.3) is 5.69 Å². The van der Waals surface area contributed by atoms with E-state index in [1.54, 1.807) is 23.0 Å². The molecule has 1 aromatic carbocycles. The standard InChI is InChI=1S/C19H23FN4O/c1-13-21-8-10-23(13)18-6-5-14(11-16(18)20)12-22-19(25)24-9-7-15-3-2-4-17(15)24/h5-6,8,10-11,15,17H,2-4,7,9,12H2,1H3,(H,22,25)/t15-,17-/m0/s1. The highest BCUT2D eigenvalue weighted by Gasteiger charge is 2.39. The molecule has 132 valence electrons. The van der Waals surface area contributed by atoms with E-state index in [0.29, 0.717) is 24.2 Å². The summed E-state index contributed by atoms with van der Waals surface area (Å²) in [5.74, 6) is 1.10. The van der Waals surface area contributed by atoms with Crippen LogP contribution in [0.5, 0.6) is 0 Å². The molecule has 2 fully saturated rings. The van der Waals surface area contributed by atoms with E-state index in [4.69, 9.17) is 0 Å². The van der Waals surface area contributed by atoms with Crippen molar-refractivity contribution in [3.63, 3.8) is 0 Å².